The van der Waals surface area contributed by atoms with Gasteiger partial charge in [-0.3, -0.25) is 0 Å². The molecule has 8 nitrogen and oxygen atoms in total. The lowest BCUT2D eigenvalue weighted by atomic mass is 10.2. The zero-order valence-electron chi connectivity index (χ0n) is 15.3. The van der Waals surface area contributed by atoms with Crippen molar-refractivity contribution in [2.24, 2.45) is 0 Å². The number of ether oxygens (including phenoxy) is 2. The first-order valence-corrected chi connectivity index (χ1v) is 9.20. The highest BCUT2D eigenvalue weighted by Gasteiger charge is 2.35. The number of carbonyl (C=O) groups is 2. The molecule has 0 aliphatic rings. The van der Waals surface area contributed by atoms with Crippen LogP contribution in [0.15, 0.2) is 12.3 Å². The second-order valence-electron chi connectivity index (χ2n) is 7.46. The van der Waals surface area contributed by atoms with Gasteiger partial charge in [0.05, 0.1) is 6.20 Å². The number of nitrogens with zero attached hydrogens (tertiary/aromatic N) is 4. The number of anilines is 1. The third kappa shape index (κ3) is 4.97. The molecule has 0 aromatic carbocycles. The predicted octanol–water partition coefficient (Wildman–Crippen LogP) is 4.66. The summed E-state index contributed by atoms with van der Waals surface area (Å²) in [6.07, 6.45) is -0.242. The van der Waals surface area contributed by atoms with Crippen molar-refractivity contribution < 1.29 is 19.1 Å². The van der Waals surface area contributed by atoms with Crippen LogP contribution in [-0.2, 0) is 9.47 Å². The van der Waals surface area contributed by atoms with Crippen LogP contribution in [0.25, 0.3) is 5.65 Å². The van der Waals surface area contributed by atoms with Crippen LogP contribution in [0, 0.1) is 3.70 Å². The SMILES string of the molecule is CC(C)(C)OC(=O)N(C(=O)OC(C)(C)C)c1cc(Cl)nn2c(I)cnc12. The third-order valence-electron chi connectivity index (χ3n) is 2.77. The van der Waals surface area contributed by atoms with Crippen LogP contribution in [-0.4, -0.2) is 38.0 Å². The maximum absolute atomic E-state index is 12.7. The average Bonchev–Trinajstić information content (AvgIpc) is 2.76. The number of aromatic nitrogens is 3. The lowest BCUT2D eigenvalue weighted by molar-refractivity contribution is 0.0431. The lowest BCUT2D eigenvalue weighted by Gasteiger charge is -2.28. The Labute approximate surface area is 169 Å². The molecule has 0 saturated carbocycles. The van der Waals surface area contributed by atoms with Crippen molar-refractivity contribution in [2.45, 2.75) is 52.7 Å². The van der Waals surface area contributed by atoms with Crippen LogP contribution in [0.4, 0.5) is 15.3 Å². The molecule has 2 rings (SSSR count). The summed E-state index contributed by atoms with van der Waals surface area (Å²) in [7, 11) is 0. The summed E-state index contributed by atoms with van der Waals surface area (Å²) in [6.45, 7) is 10.2. The van der Waals surface area contributed by atoms with E-state index in [0.29, 0.717) is 3.70 Å². The molecule has 2 aromatic rings. The first-order chi connectivity index (χ1) is 11.8. The second-order valence-corrected chi connectivity index (χ2v) is 8.96. The van der Waals surface area contributed by atoms with Crippen molar-refractivity contribution in [2.75, 3.05) is 4.90 Å². The number of imidazole rings is 1. The summed E-state index contributed by atoms with van der Waals surface area (Å²) < 4.78 is 12.8. The number of carbonyl (C=O) groups excluding carboxylic acids is 2. The van der Waals surface area contributed by atoms with Crippen LogP contribution >= 0.6 is 34.2 Å². The number of halogens is 2. The van der Waals surface area contributed by atoms with E-state index in [1.807, 2.05) is 22.6 Å². The lowest BCUT2D eigenvalue weighted by Crippen LogP contribution is -2.44. The molecule has 0 atom stereocenters. The Bertz CT molecular complexity index is 826. The Morgan fingerprint density at radius 3 is 2.08 bits per heavy atom. The number of fused-ring (bicyclic) bond motifs is 1. The van der Waals surface area contributed by atoms with Crippen molar-refractivity contribution in [1.82, 2.24) is 14.6 Å². The van der Waals surface area contributed by atoms with E-state index in [4.69, 9.17) is 21.1 Å². The molecule has 142 valence electrons. The number of hydrogen-bond donors (Lipinski definition) is 0. The maximum atomic E-state index is 12.7. The standard InChI is InChI=1S/C16H20ClIN4O4/c1-15(2,3)25-13(23)21(14(24)26-16(4,5)6)9-7-10(17)20-22-11(18)8-19-12(9)22/h7-8H,1-6H3. The van der Waals surface area contributed by atoms with Gasteiger partial charge in [-0.1, -0.05) is 11.6 Å². The zero-order chi connectivity index (χ0) is 19.9. The molecule has 0 radical (unpaired) electrons. The number of imide groups is 1. The molecular formula is C16H20ClIN4O4. The quantitative estimate of drug-likeness (QED) is 0.536. The summed E-state index contributed by atoms with van der Waals surface area (Å²) in [5, 5.41) is 4.21. The topological polar surface area (TPSA) is 86.0 Å². The molecule has 2 aromatic heterocycles. The molecule has 0 saturated heterocycles. The molecule has 0 spiro atoms. The van der Waals surface area contributed by atoms with Crippen molar-refractivity contribution in [3.63, 3.8) is 0 Å². The molecule has 0 aliphatic carbocycles. The summed E-state index contributed by atoms with van der Waals surface area (Å²) >= 11 is 8.10. The van der Waals surface area contributed by atoms with E-state index in [0.717, 1.165) is 4.90 Å². The molecule has 10 heteroatoms. The maximum Gasteiger partial charge on any atom is 0.424 e. The molecule has 0 bridgehead atoms. The highest BCUT2D eigenvalue weighted by atomic mass is 127. The van der Waals surface area contributed by atoms with Crippen molar-refractivity contribution in [3.8, 4) is 0 Å². The Morgan fingerprint density at radius 1 is 1.12 bits per heavy atom. The largest absolute Gasteiger partial charge is 0.443 e. The smallest absolute Gasteiger partial charge is 0.424 e. The fourth-order valence-electron chi connectivity index (χ4n) is 1.95. The van der Waals surface area contributed by atoms with E-state index in [1.165, 1.54) is 10.6 Å². The molecule has 2 amide bonds. The number of hydrogen-bond acceptors (Lipinski definition) is 6. The fraction of sp³-hybridized carbons (Fsp3) is 0.500. The van der Waals surface area contributed by atoms with Crippen LogP contribution in [0.2, 0.25) is 5.15 Å². The van der Waals surface area contributed by atoms with E-state index >= 15 is 0 Å². The minimum absolute atomic E-state index is 0.0838. The highest BCUT2D eigenvalue weighted by molar-refractivity contribution is 14.1. The molecule has 26 heavy (non-hydrogen) atoms. The number of rotatable bonds is 1. The predicted molar refractivity (Wildman–Crippen MR) is 106 cm³/mol. The molecule has 0 fully saturated rings. The highest BCUT2D eigenvalue weighted by Crippen LogP contribution is 2.28. The van der Waals surface area contributed by atoms with Gasteiger partial charge < -0.3 is 9.47 Å². The van der Waals surface area contributed by atoms with Crippen molar-refractivity contribution in [1.29, 1.82) is 0 Å². The van der Waals surface area contributed by atoms with Crippen LogP contribution in [0.3, 0.4) is 0 Å². The third-order valence-corrected chi connectivity index (χ3v) is 3.69. The first kappa shape index (κ1) is 20.7. The molecule has 0 aliphatic heterocycles. The van der Waals surface area contributed by atoms with Gasteiger partial charge in [0.25, 0.3) is 0 Å². The van der Waals surface area contributed by atoms with Gasteiger partial charge in [0.2, 0.25) is 0 Å². The molecular weight excluding hydrogens is 475 g/mol. The summed E-state index contributed by atoms with van der Waals surface area (Å²) in [5.74, 6) is 0. The van der Waals surface area contributed by atoms with Crippen molar-refractivity contribution in [3.05, 3.63) is 21.1 Å². The van der Waals surface area contributed by atoms with Gasteiger partial charge in [-0.15, -0.1) is 0 Å². The summed E-state index contributed by atoms with van der Waals surface area (Å²) in [6, 6.07) is 1.37. The van der Waals surface area contributed by atoms with Crippen LogP contribution in [0.1, 0.15) is 41.5 Å². The van der Waals surface area contributed by atoms with E-state index in [9.17, 15) is 9.59 Å². The summed E-state index contributed by atoms with van der Waals surface area (Å²) in [5.41, 5.74) is -1.23. The molecule has 2 heterocycles. The van der Waals surface area contributed by atoms with Gasteiger partial charge in [-0.05, 0) is 64.1 Å². The summed E-state index contributed by atoms with van der Waals surface area (Å²) in [4.78, 5) is 30.5. The Hall–Kier alpha value is -1.62. The minimum Gasteiger partial charge on any atom is -0.443 e. The Kier molecular flexibility index (Phi) is 5.71. The fourth-order valence-corrected chi connectivity index (χ4v) is 2.60. The average molecular weight is 495 g/mol. The monoisotopic (exact) mass is 494 g/mol. The van der Waals surface area contributed by atoms with Gasteiger partial charge in [0, 0.05) is 6.07 Å². The molecule has 0 N–H and O–H groups in total. The van der Waals surface area contributed by atoms with Gasteiger partial charge >= 0.3 is 12.2 Å². The van der Waals surface area contributed by atoms with Crippen LogP contribution < -0.4 is 4.90 Å². The van der Waals surface area contributed by atoms with Gasteiger partial charge in [0.1, 0.15) is 20.6 Å². The Morgan fingerprint density at radius 2 is 1.62 bits per heavy atom. The zero-order valence-corrected chi connectivity index (χ0v) is 18.2. The van der Waals surface area contributed by atoms with E-state index in [2.05, 4.69) is 10.1 Å². The van der Waals surface area contributed by atoms with Crippen LogP contribution in [0.5, 0.6) is 0 Å². The van der Waals surface area contributed by atoms with Crippen molar-refractivity contribution >= 4 is 57.7 Å². The normalized spacial score (nSPS) is 12.2. The van der Waals surface area contributed by atoms with Gasteiger partial charge in [0.15, 0.2) is 10.8 Å². The van der Waals surface area contributed by atoms with Gasteiger partial charge in [-0.25, -0.2) is 19.1 Å². The van der Waals surface area contributed by atoms with E-state index < -0.39 is 23.4 Å². The Balaban J connectivity index is 2.60. The first-order valence-electron chi connectivity index (χ1n) is 7.74. The van der Waals surface area contributed by atoms with E-state index in [-0.39, 0.29) is 16.5 Å². The molecule has 0 unspecified atom stereocenters. The number of amides is 2. The van der Waals surface area contributed by atoms with Gasteiger partial charge in [-0.2, -0.15) is 10.00 Å². The second kappa shape index (κ2) is 7.18. The minimum atomic E-state index is -0.895. The van der Waals surface area contributed by atoms with E-state index in [1.54, 1.807) is 47.7 Å².